The largest absolute Gasteiger partial charge is 0.326 e. The molecule has 0 aliphatic carbocycles. The predicted octanol–water partition coefficient (Wildman–Crippen LogP) is 5.57. The highest BCUT2D eigenvalue weighted by Crippen LogP contribution is 2.40. The SMILES string of the molecule is Cc1ccc(NC(=O)CCCN2C(=O)c3cccnc3Sc3ccccc32)cc1Cl. The molecule has 2 amide bonds. The Morgan fingerprint density at radius 2 is 2.00 bits per heavy atom. The molecule has 4 rings (SSSR count). The molecule has 0 spiro atoms. The Balaban J connectivity index is 1.46. The van der Waals surface area contributed by atoms with Gasteiger partial charge in [0.05, 0.1) is 11.3 Å². The standard InChI is InChI=1S/C23H20ClN3O2S/c1-15-10-11-16(14-18(15)24)26-21(28)9-5-13-27-19-7-2-3-8-20(19)30-22-17(23(27)29)6-4-12-25-22/h2-4,6-8,10-12,14H,5,9,13H2,1H3,(H,26,28). The van der Waals surface area contributed by atoms with E-state index in [1.165, 1.54) is 11.8 Å². The van der Waals surface area contributed by atoms with Crippen molar-refractivity contribution in [3.63, 3.8) is 0 Å². The van der Waals surface area contributed by atoms with Gasteiger partial charge in [0.1, 0.15) is 5.03 Å². The second kappa shape index (κ2) is 8.90. The van der Waals surface area contributed by atoms with Crippen LogP contribution in [0.4, 0.5) is 11.4 Å². The second-order valence-corrected chi connectivity index (χ2v) is 8.44. The number of carbonyl (C=O) groups is 2. The normalized spacial score (nSPS) is 12.7. The molecular formula is C23H20ClN3O2S. The molecule has 1 aromatic heterocycles. The molecule has 7 heteroatoms. The molecule has 152 valence electrons. The molecule has 3 aromatic rings. The number of anilines is 2. The Hall–Kier alpha value is -2.83. The zero-order chi connectivity index (χ0) is 21.1. The van der Waals surface area contributed by atoms with Crippen molar-refractivity contribution in [2.45, 2.75) is 29.7 Å². The average Bonchev–Trinajstić information content (AvgIpc) is 2.86. The first-order chi connectivity index (χ1) is 14.5. The summed E-state index contributed by atoms with van der Waals surface area (Å²) in [4.78, 5) is 32.7. The van der Waals surface area contributed by atoms with Crippen LogP contribution in [0.5, 0.6) is 0 Å². The van der Waals surface area contributed by atoms with E-state index in [9.17, 15) is 9.59 Å². The molecule has 0 saturated heterocycles. The van der Waals surface area contributed by atoms with Crippen LogP contribution in [0.25, 0.3) is 0 Å². The maximum atomic E-state index is 13.2. The summed E-state index contributed by atoms with van der Waals surface area (Å²) in [5, 5.41) is 4.18. The van der Waals surface area contributed by atoms with Gasteiger partial charge in [0.15, 0.2) is 0 Å². The number of hydrogen-bond donors (Lipinski definition) is 1. The number of aryl methyl sites for hydroxylation is 1. The number of carbonyl (C=O) groups excluding carboxylic acids is 2. The third-order valence-electron chi connectivity index (χ3n) is 4.85. The van der Waals surface area contributed by atoms with Crippen molar-refractivity contribution < 1.29 is 9.59 Å². The lowest BCUT2D eigenvalue weighted by molar-refractivity contribution is -0.116. The third-order valence-corrected chi connectivity index (χ3v) is 6.34. The van der Waals surface area contributed by atoms with E-state index in [4.69, 9.17) is 11.6 Å². The molecule has 30 heavy (non-hydrogen) atoms. The summed E-state index contributed by atoms with van der Waals surface area (Å²) < 4.78 is 0. The minimum Gasteiger partial charge on any atom is -0.326 e. The van der Waals surface area contributed by atoms with Crippen LogP contribution < -0.4 is 10.2 Å². The smallest absolute Gasteiger partial charge is 0.261 e. The van der Waals surface area contributed by atoms with Crippen molar-refractivity contribution in [1.29, 1.82) is 0 Å². The van der Waals surface area contributed by atoms with E-state index in [1.807, 2.05) is 43.3 Å². The van der Waals surface area contributed by atoms with Gasteiger partial charge in [-0.2, -0.15) is 0 Å². The number of para-hydroxylation sites is 1. The maximum absolute atomic E-state index is 13.2. The van der Waals surface area contributed by atoms with Crippen LogP contribution in [0, 0.1) is 6.92 Å². The summed E-state index contributed by atoms with van der Waals surface area (Å²) in [5.74, 6) is -0.205. The summed E-state index contributed by atoms with van der Waals surface area (Å²) in [6.45, 7) is 2.35. The van der Waals surface area contributed by atoms with Crippen LogP contribution in [0.1, 0.15) is 28.8 Å². The fraction of sp³-hybridized carbons (Fsp3) is 0.174. The molecule has 0 unspecified atom stereocenters. The van der Waals surface area contributed by atoms with Gasteiger partial charge in [0, 0.05) is 34.8 Å². The van der Waals surface area contributed by atoms with Gasteiger partial charge in [-0.05, 0) is 55.3 Å². The number of fused-ring (bicyclic) bond motifs is 2. The van der Waals surface area contributed by atoms with E-state index in [0.29, 0.717) is 40.7 Å². The number of benzene rings is 2. The number of amides is 2. The molecule has 1 N–H and O–H groups in total. The van der Waals surface area contributed by atoms with E-state index in [-0.39, 0.29) is 11.8 Å². The zero-order valence-electron chi connectivity index (χ0n) is 16.4. The summed E-state index contributed by atoms with van der Waals surface area (Å²) in [7, 11) is 0. The highest BCUT2D eigenvalue weighted by atomic mass is 35.5. The zero-order valence-corrected chi connectivity index (χ0v) is 18.0. The van der Waals surface area contributed by atoms with Crippen LogP contribution >= 0.6 is 23.4 Å². The second-order valence-electron chi connectivity index (χ2n) is 7.00. The topological polar surface area (TPSA) is 62.3 Å². The molecular weight excluding hydrogens is 418 g/mol. The fourth-order valence-electron chi connectivity index (χ4n) is 3.27. The molecule has 2 heterocycles. The molecule has 0 bridgehead atoms. The van der Waals surface area contributed by atoms with Crippen molar-refractivity contribution in [2.24, 2.45) is 0 Å². The van der Waals surface area contributed by atoms with Gasteiger partial charge in [0.25, 0.3) is 5.91 Å². The molecule has 2 aromatic carbocycles. The average molecular weight is 438 g/mol. The lowest BCUT2D eigenvalue weighted by atomic mass is 10.2. The molecule has 0 atom stereocenters. The quantitative estimate of drug-likeness (QED) is 0.566. The van der Waals surface area contributed by atoms with Crippen LogP contribution in [0.15, 0.2) is 70.7 Å². The Morgan fingerprint density at radius 1 is 1.17 bits per heavy atom. The molecule has 0 fully saturated rings. The molecule has 5 nitrogen and oxygen atoms in total. The number of nitrogens with zero attached hydrogens (tertiary/aromatic N) is 2. The van der Waals surface area contributed by atoms with E-state index in [0.717, 1.165) is 16.1 Å². The first-order valence-corrected chi connectivity index (χ1v) is 10.8. The summed E-state index contributed by atoms with van der Waals surface area (Å²) in [5.41, 5.74) is 3.05. The number of pyridine rings is 1. The first kappa shape index (κ1) is 20.4. The lowest BCUT2D eigenvalue weighted by Crippen LogP contribution is -2.32. The highest BCUT2D eigenvalue weighted by molar-refractivity contribution is 7.99. The van der Waals surface area contributed by atoms with E-state index >= 15 is 0 Å². The van der Waals surface area contributed by atoms with Gasteiger partial charge in [-0.3, -0.25) is 9.59 Å². The van der Waals surface area contributed by atoms with E-state index in [2.05, 4.69) is 10.3 Å². The number of halogens is 1. The number of aromatic nitrogens is 1. The van der Waals surface area contributed by atoms with Crippen molar-refractivity contribution in [1.82, 2.24) is 4.98 Å². The Kier molecular flexibility index (Phi) is 6.06. The summed E-state index contributed by atoms with van der Waals surface area (Å²) in [6.07, 6.45) is 2.52. The molecule has 0 saturated carbocycles. The lowest BCUT2D eigenvalue weighted by Gasteiger charge is -2.22. The Morgan fingerprint density at radius 3 is 2.83 bits per heavy atom. The Bertz CT molecular complexity index is 1120. The highest BCUT2D eigenvalue weighted by Gasteiger charge is 2.27. The van der Waals surface area contributed by atoms with Gasteiger partial charge in [-0.25, -0.2) is 4.98 Å². The third kappa shape index (κ3) is 4.35. The first-order valence-electron chi connectivity index (χ1n) is 9.63. The van der Waals surface area contributed by atoms with Crippen LogP contribution in [0.3, 0.4) is 0 Å². The maximum Gasteiger partial charge on any atom is 0.261 e. The molecule has 1 aliphatic rings. The van der Waals surface area contributed by atoms with Crippen molar-refractivity contribution in [3.05, 3.63) is 76.9 Å². The van der Waals surface area contributed by atoms with Crippen LogP contribution in [-0.4, -0.2) is 23.3 Å². The van der Waals surface area contributed by atoms with Crippen LogP contribution in [-0.2, 0) is 4.79 Å². The minimum absolute atomic E-state index is 0.0960. The number of nitrogens with one attached hydrogen (secondary N) is 1. The monoisotopic (exact) mass is 437 g/mol. The summed E-state index contributed by atoms with van der Waals surface area (Å²) >= 11 is 7.61. The van der Waals surface area contributed by atoms with Gasteiger partial charge in [0.2, 0.25) is 5.91 Å². The Labute approximate surface area is 184 Å². The van der Waals surface area contributed by atoms with E-state index in [1.54, 1.807) is 29.3 Å². The van der Waals surface area contributed by atoms with Gasteiger partial charge in [-0.1, -0.05) is 41.6 Å². The minimum atomic E-state index is -0.109. The van der Waals surface area contributed by atoms with Crippen molar-refractivity contribution in [2.75, 3.05) is 16.8 Å². The molecule has 1 aliphatic heterocycles. The number of hydrogen-bond acceptors (Lipinski definition) is 4. The van der Waals surface area contributed by atoms with Gasteiger partial charge >= 0.3 is 0 Å². The van der Waals surface area contributed by atoms with Crippen LogP contribution in [0.2, 0.25) is 5.02 Å². The van der Waals surface area contributed by atoms with Gasteiger partial charge in [-0.15, -0.1) is 0 Å². The van der Waals surface area contributed by atoms with E-state index < -0.39 is 0 Å². The fourth-order valence-corrected chi connectivity index (χ4v) is 4.47. The van der Waals surface area contributed by atoms with Crippen molar-refractivity contribution >= 4 is 46.6 Å². The van der Waals surface area contributed by atoms with Gasteiger partial charge < -0.3 is 10.2 Å². The summed E-state index contributed by atoms with van der Waals surface area (Å²) in [6, 6.07) is 16.8. The predicted molar refractivity (Wildman–Crippen MR) is 121 cm³/mol. The molecule has 0 radical (unpaired) electrons. The number of rotatable bonds is 5. The van der Waals surface area contributed by atoms with Crippen molar-refractivity contribution in [3.8, 4) is 0 Å².